The fourth-order valence-electron chi connectivity index (χ4n) is 8.29. The highest BCUT2D eigenvalue weighted by Crippen LogP contribution is 2.51. The van der Waals surface area contributed by atoms with Gasteiger partial charge in [0, 0.05) is 62.2 Å². The molecule has 4 heterocycles. The summed E-state index contributed by atoms with van der Waals surface area (Å²) in [7, 11) is -2.79. The summed E-state index contributed by atoms with van der Waals surface area (Å²) in [6, 6.07) is 13.5. The number of aryl methyl sites for hydroxylation is 2. The number of hydrogen-bond donors (Lipinski definition) is 0. The average molecular weight is 794 g/mol. The van der Waals surface area contributed by atoms with Crippen molar-refractivity contribution in [3.05, 3.63) is 106 Å². The molecule has 1 atom stereocenters. The number of amides is 1. The summed E-state index contributed by atoms with van der Waals surface area (Å²) < 4.78 is 83.8. The van der Waals surface area contributed by atoms with Crippen molar-refractivity contribution in [1.29, 1.82) is 0 Å². The minimum atomic E-state index is -4.96. The van der Waals surface area contributed by atoms with Crippen LogP contribution < -0.4 is 5.56 Å². The Morgan fingerprint density at radius 3 is 2.30 bits per heavy atom. The van der Waals surface area contributed by atoms with Gasteiger partial charge >= 0.3 is 12.3 Å². The van der Waals surface area contributed by atoms with Crippen molar-refractivity contribution >= 4 is 27.0 Å². The Bertz CT molecular complexity index is 2480. The number of carbonyl (C=O) groups excluding carboxylic acids is 1. The molecule has 298 valence electrons. The Balaban J connectivity index is 1.39. The van der Waals surface area contributed by atoms with Crippen molar-refractivity contribution in [3.8, 4) is 5.69 Å². The molecule has 7 rings (SSSR count). The fourth-order valence-corrected chi connectivity index (χ4v) is 9.81. The maximum absolute atomic E-state index is 15.1. The van der Waals surface area contributed by atoms with Crippen LogP contribution in [0.3, 0.4) is 0 Å². The predicted octanol–water partition coefficient (Wildman–Crippen LogP) is 6.64. The molecule has 1 saturated heterocycles. The molecule has 0 unspecified atom stereocenters. The second-order valence-corrected chi connectivity index (χ2v) is 18.2. The summed E-state index contributed by atoms with van der Waals surface area (Å²) in [5.41, 5.74) is -2.31. The Morgan fingerprint density at radius 2 is 1.71 bits per heavy atom. The number of benzene rings is 2. The van der Waals surface area contributed by atoms with Crippen LogP contribution in [0.5, 0.6) is 0 Å². The monoisotopic (exact) mass is 793 g/mol. The lowest BCUT2D eigenvalue weighted by atomic mass is 9.58. The minimum Gasteiger partial charge on any atom is -0.444 e. The first-order valence-electron chi connectivity index (χ1n) is 18.6. The molecule has 1 aliphatic heterocycles. The third-order valence-electron chi connectivity index (χ3n) is 10.8. The molecule has 3 aromatic heterocycles. The van der Waals surface area contributed by atoms with Crippen LogP contribution in [0.1, 0.15) is 75.7 Å². The quantitative estimate of drug-likeness (QED) is 0.180. The normalized spacial score (nSPS) is 21.0. The van der Waals surface area contributed by atoms with Crippen LogP contribution in [0.4, 0.5) is 18.0 Å². The number of aromatic nitrogens is 5. The lowest BCUT2D eigenvalue weighted by molar-refractivity contribution is -0.136. The minimum absolute atomic E-state index is 0.0164. The van der Waals surface area contributed by atoms with Crippen LogP contribution in [0.25, 0.3) is 16.6 Å². The van der Waals surface area contributed by atoms with Gasteiger partial charge in [0.25, 0.3) is 15.6 Å². The number of halogens is 3. The largest absolute Gasteiger partial charge is 0.444 e. The van der Waals surface area contributed by atoms with Gasteiger partial charge in [-0.25, -0.2) is 17.2 Å². The molecule has 1 aliphatic carbocycles. The highest BCUT2D eigenvalue weighted by Gasteiger charge is 2.48. The van der Waals surface area contributed by atoms with Crippen molar-refractivity contribution in [3.63, 3.8) is 0 Å². The van der Waals surface area contributed by atoms with Crippen LogP contribution in [0, 0.1) is 12.8 Å². The summed E-state index contributed by atoms with van der Waals surface area (Å²) in [6.07, 6.45) is -1.66. The lowest BCUT2D eigenvalue weighted by Crippen LogP contribution is -2.54. The van der Waals surface area contributed by atoms with E-state index in [1.54, 1.807) is 63.2 Å². The molecule has 2 aromatic carbocycles. The number of rotatable bonds is 7. The van der Waals surface area contributed by atoms with Crippen LogP contribution in [0.2, 0.25) is 0 Å². The summed E-state index contributed by atoms with van der Waals surface area (Å²) in [5, 5.41) is 7.92. The zero-order valence-electron chi connectivity index (χ0n) is 32.5. The number of fused-ring (bicyclic) bond motifs is 1. The number of alkyl halides is 3. The van der Waals surface area contributed by atoms with E-state index in [2.05, 4.69) is 17.1 Å². The van der Waals surface area contributed by atoms with Crippen LogP contribution in [-0.4, -0.2) is 78.9 Å². The average Bonchev–Trinajstić information content (AvgIpc) is 3.70. The Labute approximate surface area is 323 Å². The smallest absolute Gasteiger partial charge is 0.418 e. The fraction of sp³-hybridized carbons (Fsp3) is 0.450. The third-order valence-corrected chi connectivity index (χ3v) is 12.6. The van der Waals surface area contributed by atoms with Gasteiger partial charge in [0.1, 0.15) is 23.3 Å². The molecule has 56 heavy (non-hydrogen) atoms. The lowest BCUT2D eigenvalue weighted by Gasteiger charge is -2.46. The van der Waals surface area contributed by atoms with Crippen LogP contribution in [-0.2, 0) is 39.9 Å². The van der Waals surface area contributed by atoms with Crippen molar-refractivity contribution < 1.29 is 31.1 Å². The Morgan fingerprint density at radius 1 is 1.02 bits per heavy atom. The van der Waals surface area contributed by atoms with Gasteiger partial charge in [-0.15, -0.1) is 10.2 Å². The number of ether oxygens (including phenoxy) is 1. The molecule has 2 fully saturated rings. The maximum atomic E-state index is 15.1. The van der Waals surface area contributed by atoms with Gasteiger partial charge in [-0.2, -0.15) is 13.2 Å². The van der Waals surface area contributed by atoms with E-state index in [1.807, 2.05) is 29.5 Å². The Hall–Kier alpha value is -4.96. The molecular formula is C40H46F3N7O5S. The topological polar surface area (TPSA) is 125 Å². The molecule has 0 N–H and O–H groups in total. The molecular weight excluding hydrogens is 748 g/mol. The summed E-state index contributed by atoms with van der Waals surface area (Å²) in [6.45, 7) is 11.7. The van der Waals surface area contributed by atoms with E-state index < -0.39 is 55.3 Å². The molecule has 1 saturated carbocycles. The van der Waals surface area contributed by atoms with Gasteiger partial charge in [-0.1, -0.05) is 36.8 Å². The van der Waals surface area contributed by atoms with E-state index in [1.165, 1.54) is 18.2 Å². The second kappa shape index (κ2) is 13.9. The van der Waals surface area contributed by atoms with E-state index in [0.29, 0.717) is 11.7 Å². The van der Waals surface area contributed by atoms with Crippen LogP contribution >= 0.6 is 0 Å². The first-order valence-corrected chi connectivity index (χ1v) is 20.0. The molecule has 2 aliphatic rings. The molecule has 0 bridgehead atoms. The first-order chi connectivity index (χ1) is 26.2. The highest BCUT2D eigenvalue weighted by molar-refractivity contribution is 7.90. The zero-order chi connectivity index (χ0) is 40.5. The van der Waals surface area contributed by atoms with Crippen LogP contribution in [0.15, 0.2) is 76.8 Å². The Kier molecular flexibility index (Phi) is 9.75. The number of nitrogens with zero attached hydrogens (tertiary/aromatic N) is 7. The number of carbonyl (C=O) groups is 1. The van der Waals surface area contributed by atoms with E-state index in [0.717, 1.165) is 44.8 Å². The summed E-state index contributed by atoms with van der Waals surface area (Å²) in [4.78, 5) is 30.9. The van der Waals surface area contributed by atoms with Crippen molar-refractivity contribution in [2.24, 2.45) is 13.0 Å². The van der Waals surface area contributed by atoms with E-state index in [4.69, 9.17) is 4.74 Å². The van der Waals surface area contributed by atoms with Crippen molar-refractivity contribution in [2.75, 3.05) is 19.6 Å². The van der Waals surface area contributed by atoms with Gasteiger partial charge < -0.3 is 14.2 Å². The number of pyridine rings is 1. The number of piperazine rings is 1. The number of hydrogen-bond acceptors (Lipinski definition) is 8. The molecule has 16 heteroatoms. The van der Waals surface area contributed by atoms with Gasteiger partial charge in [0.15, 0.2) is 0 Å². The van der Waals surface area contributed by atoms with Gasteiger partial charge in [0.05, 0.1) is 15.9 Å². The van der Waals surface area contributed by atoms with Gasteiger partial charge in [-0.3, -0.25) is 14.3 Å². The second-order valence-electron chi connectivity index (χ2n) is 16.4. The SMILES string of the molecule is Cc1ccc(S(=O)(=O)n2c(CN3CCN(C(=O)OC(C)(C)C)[C@H](C)C3)cc3c(C(F)(F)F)cn(-c4cccc(C5(c6nncn6C)CC(C)C5)c4)c(=O)c32)cc1. The molecule has 0 spiro atoms. The molecule has 1 amide bonds. The predicted molar refractivity (Wildman–Crippen MR) is 204 cm³/mol. The highest BCUT2D eigenvalue weighted by atomic mass is 32.2. The first kappa shape index (κ1) is 39.3. The van der Waals surface area contributed by atoms with Gasteiger partial charge in [-0.05, 0) is 89.3 Å². The third kappa shape index (κ3) is 7.01. The van der Waals surface area contributed by atoms with Crippen molar-refractivity contribution in [2.45, 2.75) is 89.1 Å². The molecule has 5 aromatic rings. The van der Waals surface area contributed by atoms with Crippen molar-refractivity contribution in [1.82, 2.24) is 33.1 Å². The standard InChI is InChI=1S/C40H46F3N7O5S/c1-25-11-13-31(14-12-25)56(53,54)50-30(22-47-15-16-48(27(3)21-47)37(52)55-38(4,5)6)18-32-33(40(41,42)43)23-49(35(51)34(32)50)29-10-8-9-28(17-29)39(19-26(2)20-39)36-45-44-24-46(36)7/h8-14,17-18,23-24,26-27H,15-16,19-22H2,1-7H3/t26?,27-,39?/m1/s1. The zero-order valence-corrected chi connectivity index (χ0v) is 33.3. The van der Waals surface area contributed by atoms with Gasteiger partial charge in [0.2, 0.25) is 0 Å². The maximum Gasteiger partial charge on any atom is 0.418 e. The van der Waals surface area contributed by atoms with E-state index >= 15 is 13.2 Å². The van der Waals surface area contributed by atoms with E-state index in [-0.39, 0.29) is 48.5 Å². The van der Waals surface area contributed by atoms with E-state index in [9.17, 15) is 18.0 Å². The summed E-state index contributed by atoms with van der Waals surface area (Å²) >= 11 is 0. The molecule has 12 nitrogen and oxygen atoms in total. The summed E-state index contributed by atoms with van der Waals surface area (Å²) in [5.74, 6) is 1.05. The molecule has 0 radical (unpaired) electrons.